The van der Waals surface area contributed by atoms with Crippen LogP contribution in [0, 0.1) is 13.8 Å². The maximum absolute atomic E-state index is 5.85. The monoisotopic (exact) mass is 252 g/mol. The van der Waals surface area contributed by atoms with Crippen LogP contribution in [-0.2, 0) is 0 Å². The van der Waals surface area contributed by atoms with Crippen molar-refractivity contribution < 1.29 is 4.74 Å². The Bertz CT molecular complexity index is 416. The number of aryl methyl sites for hydroxylation is 1. The van der Waals surface area contributed by atoms with Crippen LogP contribution in [0.1, 0.15) is 25.2 Å². The van der Waals surface area contributed by atoms with E-state index in [1.54, 1.807) is 0 Å². The summed E-state index contributed by atoms with van der Waals surface area (Å²) < 4.78 is 5.85. The van der Waals surface area contributed by atoms with Crippen molar-refractivity contribution in [2.24, 2.45) is 0 Å². The van der Waals surface area contributed by atoms with Gasteiger partial charge in [-0.15, -0.1) is 0 Å². The second-order valence-corrected chi connectivity index (χ2v) is 5.30. The third-order valence-corrected chi connectivity index (χ3v) is 3.22. The fourth-order valence-corrected chi connectivity index (χ4v) is 1.36. The van der Waals surface area contributed by atoms with Crippen LogP contribution in [0.5, 0.6) is 5.88 Å². The number of nitrogens with zero attached hydrogens (tertiary/aromatic N) is 3. The SMILES string of the molecule is CNc1nc(C)nc(OCC(C)(C)N(C)C)c1C. The van der Waals surface area contributed by atoms with Gasteiger partial charge >= 0.3 is 0 Å². The van der Waals surface area contributed by atoms with Crippen LogP contribution in [0.2, 0.25) is 0 Å². The first-order valence-electron chi connectivity index (χ1n) is 6.11. The number of likely N-dealkylation sites (N-methyl/N-ethyl adjacent to an activating group) is 1. The molecule has 1 aromatic rings. The summed E-state index contributed by atoms with van der Waals surface area (Å²) in [6.45, 7) is 8.68. The Labute approximate surface area is 110 Å². The minimum Gasteiger partial charge on any atom is -0.475 e. The van der Waals surface area contributed by atoms with Gasteiger partial charge in [-0.3, -0.25) is 0 Å². The molecule has 0 aliphatic carbocycles. The molecule has 0 aromatic carbocycles. The summed E-state index contributed by atoms with van der Waals surface area (Å²) in [6.07, 6.45) is 0. The normalized spacial score (nSPS) is 11.8. The maximum Gasteiger partial charge on any atom is 0.221 e. The van der Waals surface area contributed by atoms with E-state index in [-0.39, 0.29) is 5.54 Å². The molecule has 0 fully saturated rings. The molecule has 0 atom stereocenters. The van der Waals surface area contributed by atoms with Crippen LogP contribution in [0.15, 0.2) is 0 Å². The Hall–Kier alpha value is -1.36. The van der Waals surface area contributed by atoms with Gasteiger partial charge in [0.25, 0.3) is 0 Å². The maximum atomic E-state index is 5.85. The number of hydrogen-bond donors (Lipinski definition) is 1. The van der Waals surface area contributed by atoms with Crippen LogP contribution >= 0.6 is 0 Å². The Morgan fingerprint density at radius 3 is 2.33 bits per heavy atom. The molecule has 0 bridgehead atoms. The number of anilines is 1. The van der Waals surface area contributed by atoms with Crippen molar-refractivity contribution in [1.29, 1.82) is 0 Å². The molecular weight excluding hydrogens is 228 g/mol. The summed E-state index contributed by atoms with van der Waals surface area (Å²) in [5.74, 6) is 2.18. The number of rotatable bonds is 5. The van der Waals surface area contributed by atoms with Crippen LogP contribution in [-0.4, -0.2) is 48.2 Å². The summed E-state index contributed by atoms with van der Waals surface area (Å²) in [6, 6.07) is 0. The second kappa shape index (κ2) is 5.52. The first-order chi connectivity index (χ1) is 8.27. The van der Waals surface area contributed by atoms with E-state index in [4.69, 9.17) is 4.74 Å². The molecule has 0 saturated carbocycles. The second-order valence-electron chi connectivity index (χ2n) is 5.30. The van der Waals surface area contributed by atoms with Crippen molar-refractivity contribution in [3.05, 3.63) is 11.4 Å². The first-order valence-corrected chi connectivity index (χ1v) is 6.11. The zero-order chi connectivity index (χ0) is 13.9. The van der Waals surface area contributed by atoms with Gasteiger partial charge in [-0.1, -0.05) is 0 Å². The van der Waals surface area contributed by atoms with Crippen molar-refractivity contribution in [1.82, 2.24) is 14.9 Å². The lowest BCUT2D eigenvalue weighted by molar-refractivity contribution is 0.110. The Balaban J connectivity index is 2.89. The van der Waals surface area contributed by atoms with E-state index in [1.165, 1.54) is 0 Å². The van der Waals surface area contributed by atoms with Crippen molar-refractivity contribution in [3.8, 4) is 5.88 Å². The van der Waals surface area contributed by atoms with Gasteiger partial charge < -0.3 is 15.0 Å². The van der Waals surface area contributed by atoms with Crippen molar-refractivity contribution in [2.45, 2.75) is 33.2 Å². The van der Waals surface area contributed by atoms with Gasteiger partial charge in [-0.05, 0) is 41.8 Å². The Morgan fingerprint density at radius 2 is 1.83 bits per heavy atom. The highest BCUT2D eigenvalue weighted by molar-refractivity contribution is 5.47. The summed E-state index contributed by atoms with van der Waals surface area (Å²) in [7, 11) is 5.93. The molecule has 1 heterocycles. The zero-order valence-electron chi connectivity index (χ0n) is 12.5. The van der Waals surface area contributed by atoms with E-state index in [1.807, 2.05) is 35.0 Å². The van der Waals surface area contributed by atoms with E-state index in [2.05, 4.69) is 34.0 Å². The van der Waals surface area contributed by atoms with Crippen LogP contribution in [0.3, 0.4) is 0 Å². The van der Waals surface area contributed by atoms with Gasteiger partial charge in [-0.25, -0.2) is 4.98 Å². The van der Waals surface area contributed by atoms with Crippen LogP contribution in [0.4, 0.5) is 5.82 Å². The van der Waals surface area contributed by atoms with Gasteiger partial charge in [0.15, 0.2) is 0 Å². The molecule has 0 unspecified atom stereocenters. The lowest BCUT2D eigenvalue weighted by atomic mass is 10.1. The van der Waals surface area contributed by atoms with Gasteiger partial charge in [0.05, 0.1) is 5.56 Å². The van der Waals surface area contributed by atoms with E-state index in [9.17, 15) is 0 Å². The summed E-state index contributed by atoms with van der Waals surface area (Å²) in [5, 5.41) is 3.05. The average Bonchev–Trinajstić information content (AvgIpc) is 2.29. The smallest absolute Gasteiger partial charge is 0.221 e. The quantitative estimate of drug-likeness (QED) is 0.866. The predicted octanol–water partition coefficient (Wildman–Crippen LogP) is 1.85. The molecule has 0 saturated heterocycles. The molecule has 0 aliphatic rings. The zero-order valence-corrected chi connectivity index (χ0v) is 12.5. The molecule has 0 aliphatic heterocycles. The number of hydrogen-bond acceptors (Lipinski definition) is 5. The van der Waals surface area contributed by atoms with Gasteiger partial charge in [0, 0.05) is 12.6 Å². The summed E-state index contributed by atoms with van der Waals surface area (Å²) >= 11 is 0. The molecule has 0 spiro atoms. The molecule has 5 nitrogen and oxygen atoms in total. The largest absolute Gasteiger partial charge is 0.475 e. The molecular formula is C13H24N4O. The minimum atomic E-state index is -0.0366. The molecule has 1 aromatic heterocycles. The van der Waals surface area contributed by atoms with Crippen molar-refractivity contribution in [3.63, 3.8) is 0 Å². The first kappa shape index (κ1) is 14.7. The fraction of sp³-hybridized carbons (Fsp3) is 0.692. The van der Waals surface area contributed by atoms with E-state index < -0.39 is 0 Å². The third kappa shape index (κ3) is 3.32. The lowest BCUT2D eigenvalue weighted by Crippen LogP contribution is -2.43. The molecule has 1 N–H and O–H groups in total. The van der Waals surface area contributed by atoms with Crippen molar-refractivity contribution in [2.75, 3.05) is 33.1 Å². The van der Waals surface area contributed by atoms with E-state index in [0.29, 0.717) is 18.3 Å². The highest BCUT2D eigenvalue weighted by Gasteiger charge is 2.22. The number of aromatic nitrogens is 2. The van der Waals surface area contributed by atoms with Gasteiger partial charge in [0.2, 0.25) is 5.88 Å². The summed E-state index contributed by atoms with van der Waals surface area (Å²) in [5.41, 5.74) is 0.906. The molecule has 0 amide bonds. The number of nitrogens with one attached hydrogen (secondary N) is 1. The molecule has 0 radical (unpaired) electrons. The van der Waals surface area contributed by atoms with Crippen LogP contribution in [0.25, 0.3) is 0 Å². The fourth-order valence-electron chi connectivity index (χ4n) is 1.36. The Morgan fingerprint density at radius 1 is 1.22 bits per heavy atom. The van der Waals surface area contributed by atoms with E-state index in [0.717, 1.165) is 11.4 Å². The standard InChI is InChI=1S/C13H24N4O/c1-9-11(14-5)15-10(2)16-12(9)18-8-13(3,4)17(6)7/h8H2,1-7H3,(H,14,15,16). The molecule has 1 rings (SSSR count). The minimum absolute atomic E-state index is 0.0366. The third-order valence-electron chi connectivity index (χ3n) is 3.22. The van der Waals surface area contributed by atoms with Crippen molar-refractivity contribution >= 4 is 5.82 Å². The van der Waals surface area contributed by atoms with Gasteiger partial charge in [-0.2, -0.15) is 4.98 Å². The molecule has 18 heavy (non-hydrogen) atoms. The molecule has 102 valence electrons. The van der Waals surface area contributed by atoms with Gasteiger partial charge in [0.1, 0.15) is 18.2 Å². The lowest BCUT2D eigenvalue weighted by Gasteiger charge is -2.32. The Kier molecular flexibility index (Phi) is 4.51. The average molecular weight is 252 g/mol. The van der Waals surface area contributed by atoms with E-state index >= 15 is 0 Å². The van der Waals surface area contributed by atoms with Crippen LogP contribution < -0.4 is 10.1 Å². The number of ether oxygens (including phenoxy) is 1. The molecule has 5 heteroatoms. The highest BCUT2D eigenvalue weighted by atomic mass is 16.5. The highest BCUT2D eigenvalue weighted by Crippen LogP contribution is 2.23. The topological polar surface area (TPSA) is 50.3 Å². The predicted molar refractivity (Wildman–Crippen MR) is 74.3 cm³/mol. The summed E-state index contributed by atoms with van der Waals surface area (Å²) in [4.78, 5) is 10.8.